The third-order valence-electron chi connectivity index (χ3n) is 4.06. The molecule has 1 aliphatic carbocycles. The molecule has 0 saturated heterocycles. The van der Waals surface area contributed by atoms with Crippen LogP contribution in [0.2, 0.25) is 0 Å². The van der Waals surface area contributed by atoms with Gasteiger partial charge in [-0.15, -0.1) is 0 Å². The molecule has 1 fully saturated rings. The summed E-state index contributed by atoms with van der Waals surface area (Å²) in [5, 5.41) is 0. The second-order valence-electron chi connectivity index (χ2n) is 5.25. The molecule has 2 heteroatoms. The van der Waals surface area contributed by atoms with Crippen molar-refractivity contribution in [2.45, 2.75) is 44.9 Å². The highest BCUT2D eigenvalue weighted by molar-refractivity contribution is 5.31. The zero-order valence-electron chi connectivity index (χ0n) is 11.4. The first-order valence-electron chi connectivity index (χ1n) is 7.28. The molecule has 1 aromatic rings. The minimum atomic E-state index is 0.623. The van der Waals surface area contributed by atoms with Crippen molar-refractivity contribution in [1.82, 2.24) is 0 Å². The molecule has 2 N–H and O–H groups in total. The zero-order valence-corrected chi connectivity index (χ0v) is 11.4. The first-order valence-corrected chi connectivity index (χ1v) is 7.28. The third-order valence-corrected chi connectivity index (χ3v) is 4.06. The number of ether oxygens (including phenoxy) is 1. The van der Waals surface area contributed by atoms with Gasteiger partial charge in [-0.2, -0.15) is 0 Å². The lowest BCUT2D eigenvalue weighted by Crippen LogP contribution is -2.21. The van der Waals surface area contributed by atoms with Crippen LogP contribution in [-0.4, -0.2) is 13.2 Å². The van der Waals surface area contributed by atoms with E-state index in [1.807, 2.05) is 13.0 Å². The molecule has 0 bridgehead atoms. The summed E-state index contributed by atoms with van der Waals surface area (Å²) in [6.07, 6.45) is 6.58. The van der Waals surface area contributed by atoms with E-state index in [0.29, 0.717) is 11.8 Å². The van der Waals surface area contributed by atoms with Gasteiger partial charge in [0.15, 0.2) is 0 Å². The van der Waals surface area contributed by atoms with Gasteiger partial charge in [0.25, 0.3) is 0 Å². The molecule has 0 amide bonds. The van der Waals surface area contributed by atoms with E-state index < -0.39 is 0 Å². The van der Waals surface area contributed by atoms with Crippen LogP contribution in [0.1, 0.15) is 50.5 Å². The Morgan fingerprint density at radius 1 is 1.22 bits per heavy atom. The molecule has 2 atom stereocenters. The third kappa shape index (κ3) is 3.26. The van der Waals surface area contributed by atoms with Crippen molar-refractivity contribution in [2.75, 3.05) is 13.2 Å². The predicted molar refractivity (Wildman–Crippen MR) is 76.0 cm³/mol. The van der Waals surface area contributed by atoms with Crippen LogP contribution in [0, 0.1) is 5.92 Å². The molecule has 0 spiro atoms. The summed E-state index contributed by atoms with van der Waals surface area (Å²) in [5.41, 5.74) is 7.38. The first kappa shape index (κ1) is 13.4. The zero-order chi connectivity index (χ0) is 12.8. The van der Waals surface area contributed by atoms with Crippen molar-refractivity contribution in [3.8, 4) is 5.75 Å². The van der Waals surface area contributed by atoms with E-state index in [1.165, 1.54) is 37.7 Å². The summed E-state index contributed by atoms with van der Waals surface area (Å²) in [5.74, 6) is 2.26. The average Bonchev–Trinajstić information content (AvgIpc) is 2.64. The van der Waals surface area contributed by atoms with Crippen LogP contribution in [0.25, 0.3) is 0 Å². The minimum absolute atomic E-state index is 0.623. The molecule has 2 rings (SSSR count). The standard InChI is InChI=1S/C16H25NO/c1-2-18-15-9-6-8-13(11-15)16-10-5-3-4-7-14(16)12-17/h6,8-9,11,14,16H,2-5,7,10,12,17H2,1H3. The van der Waals surface area contributed by atoms with Crippen molar-refractivity contribution in [1.29, 1.82) is 0 Å². The van der Waals surface area contributed by atoms with Gasteiger partial charge in [0.05, 0.1) is 6.61 Å². The second kappa shape index (κ2) is 6.79. The summed E-state index contributed by atoms with van der Waals surface area (Å²) in [6.45, 7) is 3.57. The second-order valence-corrected chi connectivity index (χ2v) is 5.25. The SMILES string of the molecule is CCOc1cccc(C2CCCCCC2CN)c1. The molecule has 18 heavy (non-hydrogen) atoms. The van der Waals surface area contributed by atoms with Crippen LogP contribution in [0.4, 0.5) is 0 Å². The molecule has 0 aromatic heterocycles. The molecular weight excluding hydrogens is 222 g/mol. The number of hydrogen-bond acceptors (Lipinski definition) is 2. The van der Waals surface area contributed by atoms with E-state index in [-0.39, 0.29) is 0 Å². The van der Waals surface area contributed by atoms with Crippen molar-refractivity contribution in [2.24, 2.45) is 11.7 Å². The summed E-state index contributed by atoms with van der Waals surface area (Å²) >= 11 is 0. The fourth-order valence-corrected chi connectivity index (χ4v) is 3.11. The Kier molecular flexibility index (Phi) is 5.06. The normalized spacial score (nSPS) is 24.6. The van der Waals surface area contributed by atoms with Crippen LogP contribution < -0.4 is 10.5 Å². The van der Waals surface area contributed by atoms with Crippen LogP contribution in [-0.2, 0) is 0 Å². The highest BCUT2D eigenvalue weighted by atomic mass is 16.5. The first-order chi connectivity index (χ1) is 8.85. The number of benzene rings is 1. The largest absolute Gasteiger partial charge is 0.494 e. The molecule has 0 radical (unpaired) electrons. The Hall–Kier alpha value is -1.02. The molecule has 100 valence electrons. The van der Waals surface area contributed by atoms with Crippen molar-refractivity contribution in [3.63, 3.8) is 0 Å². The van der Waals surface area contributed by atoms with Gasteiger partial charge in [0.1, 0.15) is 5.75 Å². The van der Waals surface area contributed by atoms with Gasteiger partial charge in [-0.05, 0) is 55.8 Å². The van der Waals surface area contributed by atoms with Crippen molar-refractivity contribution >= 4 is 0 Å². The van der Waals surface area contributed by atoms with Gasteiger partial charge in [-0.25, -0.2) is 0 Å². The van der Waals surface area contributed by atoms with E-state index in [1.54, 1.807) is 0 Å². The van der Waals surface area contributed by atoms with Gasteiger partial charge in [-0.1, -0.05) is 31.4 Å². The highest BCUT2D eigenvalue weighted by Crippen LogP contribution is 2.37. The maximum atomic E-state index is 5.97. The van der Waals surface area contributed by atoms with Crippen molar-refractivity contribution in [3.05, 3.63) is 29.8 Å². The molecule has 0 aliphatic heterocycles. The summed E-state index contributed by atoms with van der Waals surface area (Å²) in [4.78, 5) is 0. The van der Waals surface area contributed by atoms with Gasteiger partial charge in [0, 0.05) is 0 Å². The van der Waals surface area contributed by atoms with Gasteiger partial charge < -0.3 is 10.5 Å². The lowest BCUT2D eigenvalue weighted by Gasteiger charge is -2.24. The molecule has 0 heterocycles. The maximum absolute atomic E-state index is 5.97. The summed E-state index contributed by atoms with van der Waals surface area (Å²) in [6, 6.07) is 8.60. The Morgan fingerprint density at radius 2 is 2.06 bits per heavy atom. The summed E-state index contributed by atoms with van der Waals surface area (Å²) in [7, 11) is 0. The molecule has 1 aromatic carbocycles. The van der Waals surface area contributed by atoms with Gasteiger partial charge >= 0.3 is 0 Å². The Labute approximate surface area is 111 Å². The minimum Gasteiger partial charge on any atom is -0.494 e. The Morgan fingerprint density at radius 3 is 2.83 bits per heavy atom. The molecule has 2 unspecified atom stereocenters. The average molecular weight is 247 g/mol. The van der Waals surface area contributed by atoms with E-state index in [2.05, 4.69) is 18.2 Å². The lowest BCUT2D eigenvalue weighted by atomic mass is 9.82. The number of nitrogens with two attached hydrogens (primary N) is 1. The predicted octanol–water partition coefficient (Wildman–Crippen LogP) is 3.71. The van der Waals surface area contributed by atoms with Gasteiger partial charge in [0.2, 0.25) is 0 Å². The van der Waals surface area contributed by atoms with E-state index in [0.717, 1.165) is 18.9 Å². The summed E-state index contributed by atoms with van der Waals surface area (Å²) < 4.78 is 5.61. The molecule has 2 nitrogen and oxygen atoms in total. The fourth-order valence-electron chi connectivity index (χ4n) is 3.11. The lowest BCUT2D eigenvalue weighted by molar-refractivity contribution is 0.338. The highest BCUT2D eigenvalue weighted by Gasteiger charge is 2.24. The topological polar surface area (TPSA) is 35.2 Å². The van der Waals surface area contributed by atoms with Crippen LogP contribution in [0.5, 0.6) is 5.75 Å². The number of rotatable bonds is 4. The molecule has 1 saturated carbocycles. The van der Waals surface area contributed by atoms with E-state index >= 15 is 0 Å². The number of hydrogen-bond donors (Lipinski definition) is 1. The van der Waals surface area contributed by atoms with E-state index in [4.69, 9.17) is 10.5 Å². The van der Waals surface area contributed by atoms with Crippen molar-refractivity contribution < 1.29 is 4.74 Å². The Bertz CT molecular complexity index is 364. The molecule has 1 aliphatic rings. The van der Waals surface area contributed by atoms with Crippen LogP contribution in [0.15, 0.2) is 24.3 Å². The quantitative estimate of drug-likeness (QED) is 0.823. The fraction of sp³-hybridized carbons (Fsp3) is 0.625. The van der Waals surface area contributed by atoms with Gasteiger partial charge in [-0.3, -0.25) is 0 Å². The van der Waals surface area contributed by atoms with Crippen LogP contribution >= 0.6 is 0 Å². The van der Waals surface area contributed by atoms with Crippen LogP contribution in [0.3, 0.4) is 0 Å². The molecular formula is C16H25NO. The monoisotopic (exact) mass is 247 g/mol. The Balaban J connectivity index is 2.18. The van der Waals surface area contributed by atoms with E-state index in [9.17, 15) is 0 Å². The smallest absolute Gasteiger partial charge is 0.119 e. The maximum Gasteiger partial charge on any atom is 0.119 e.